The maximum atomic E-state index is 11.4. The third-order valence-electron chi connectivity index (χ3n) is 1.46. The van der Waals surface area contributed by atoms with Crippen LogP contribution in [0.2, 0.25) is 0 Å². The molecule has 0 heterocycles. The van der Waals surface area contributed by atoms with Gasteiger partial charge in [-0.05, 0) is 32.1 Å². The Kier molecular flexibility index (Phi) is 5.25. The number of carbonyl (C=O) groups is 1. The molecule has 0 aliphatic heterocycles. The molecule has 0 saturated heterocycles. The monoisotopic (exact) mass is 201 g/mol. The zero-order valence-electron chi connectivity index (χ0n) is 7.75. The molecule has 0 aromatic rings. The Bertz CT molecular complexity index is 227. The molecular formula is C8H15N3OS. The van der Waals surface area contributed by atoms with Gasteiger partial charge in [0.1, 0.15) is 0 Å². The first-order valence-corrected chi connectivity index (χ1v) is 4.38. The first-order valence-electron chi connectivity index (χ1n) is 3.97. The van der Waals surface area contributed by atoms with E-state index in [0.29, 0.717) is 25.1 Å². The number of amides is 1. The van der Waals surface area contributed by atoms with E-state index in [4.69, 9.17) is 23.7 Å². The predicted octanol–water partition coefficient (Wildman–Crippen LogP) is -0.0165. The first kappa shape index (κ1) is 12.1. The number of carbonyl (C=O) groups excluding carboxylic acids is 1. The third kappa shape index (κ3) is 4.00. The summed E-state index contributed by atoms with van der Waals surface area (Å²) >= 11 is 4.73. The molecule has 4 nitrogen and oxygen atoms in total. The van der Waals surface area contributed by atoms with Gasteiger partial charge in [0.2, 0.25) is 0 Å². The van der Waals surface area contributed by atoms with Crippen LogP contribution < -0.4 is 11.5 Å². The van der Waals surface area contributed by atoms with Gasteiger partial charge in [0.05, 0.1) is 0 Å². The second-order valence-electron chi connectivity index (χ2n) is 2.72. The van der Waals surface area contributed by atoms with Crippen LogP contribution in [0.5, 0.6) is 0 Å². The molecule has 0 spiro atoms. The summed E-state index contributed by atoms with van der Waals surface area (Å²) in [7, 11) is 0. The van der Waals surface area contributed by atoms with Crippen molar-refractivity contribution < 1.29 is 4.79 Å². The molecule has 0 aromatic heterocycles. The molecule has 0 saturated carbocycles. The van der Waals surface area contributed by atoms with Crippen molar-refractivity contribution in [3.63, 3.8) is 0 Å². The van der Waals surface area contributed by atoms with Crippen molar-refractivity contribution in [3.05, 3.63) is 12.2 Å². The van der Waals surface area contributed by atoms with Gasteiger partial charge in [0, 0.05) is 12.1 Å². The summed E-state index contributed by atoms with van der Waals surface area (Å²) in [4.78, 5) is 12.7. The summed E-state index contributed by atoms with van der Waals surface area (Å²) in [5.74, 6) is -0.235. The average molecular weight is 201 g/mol. The quantitative estimate of drug-likeness (QED) is 0.495. The molecule has 0 rings (SSSR count). The highest BCUT2D eigenvalue weighted by atomic mass is 32.1. The Balaban J connectivity index is 4.33. The molecule has 0 unspecified atom stereocenters. The molecule has 1 amide bonds. The lowest BCUT2D eigenvalue weighted by Gasteiger charge is -2.20. The number of thiocarbonyl (C=S) groups is 1. The van der Waals surface area contributed by atoms with E-state index in [9.17, 15) is 4.79 Å². The minimum absolute atomic E-state index is 0.0708. The standard InChI is InChI=1S/C8H15N3OS/c1-6(2)7(12)11(8(10)13)5-3-4-9/h1,3-5,9H2,2H3,(H2,10,13). The van der Waals surface area contributed by atoms with Gasteiger partial charge < -0.3 is 11.5 Å². The minimum Gasteiger partial charge on any atom is -0.376 e. The predicted molar refractivity (Wildman–Crippen MR) is 57.0 cm³/mol. The molecule has 0 bridgehead atoms. The second-order valence-corrected chi connectivity index (χ2v) is 3.14. The van der Waals surface area contributed by atoms with Crippen LogP contribution in [-0.2, 0) is 4.79 Å². The van der Waals surface area contributed by atoms with Crippen molar-refractivity contribution in [3.8, 4) is 0 Å². The largest absolute Gasteiger partial charge is 0.376 e. The number of rotatable bonds is 4. The Hall–Kier alpha value is -0.940. The van der Waals surface area contributed by atoms with Crippen LogP contribution in [0.3, 0.4) is 0 Å². The fraction of sp³-hybridized carbons (Fsp3) is 0.500. The van der Waals surface area contributed by atoms with Crippen LogP contribution in [0.4, 0.5) is 0 Å². The number of hydrogen-bond acceptors (Lipinski definition) is 3. The normalized spacial score (nSPS) is 9.38. The van der Waals surface area contributed by atoms with Gasteiger partial charge in [-0.3, -0.25) is 9.69 Å². The maximum absolute atomic E-state index is 11.4. The molecule has 0 atom stereocenters. The van der Waals surface area contributed by atoms with Gasteiger partial charge in [0.15, 0.2) is 5.11 Å². The summed E-state index contributed by atoms with van der Waals surface area (Å²) < 4.78 is 0. The van der Waals surface area contributed by atoms with Crippen molar-refractivity contribution >= 4 is 23.2 Å². The zero-order chi connectivity index (χ0) is 10.4. The summed E-state index contributed by atoms with van der Waals surface area (Å²) in [6, 6.07) is 0. The minimum atomic E-state index is -0.235. The molecule has 74 valence electrons. The Labute approximate surface area is 83.6 Å². The van der Waals surface area contributed by atoms with E-state index in [1.807, 2.05) is 0 Å². The molecule has 4 N–H and O–H groups in total. The number of nitrogens with zero attached hydrogens (tertiary/aromatic N) is 1. The molecule has 0 aromatic carbocycles. The van der Waals surface area contributed by atoms with Crippen molar-refractivity contribution in [2.45, 2.75) is 13.3 Å². The molecule has 13 heavy (non-hydrogen) atoms. The van der Waals surface area contributed by atoms with Crippen molar-refractivity contribution in [2.24, 2.45) is 11.5 Å². The molecule has 0 radical (unpaired) electrons. The van der Waals surface area contributed by atoms with Crippen molar-refractivity contribution in [1.82, 2.24) is 4.90 Å². The summed E-state index contributed by atoms with van der Waals surface area (Å²) in [6.07, 6.45) is 0.677. The third-order valence-corrected chi connectivity index (χ3v) is 1.68. The topological polar surface area (TPSA) is 72.3 Å². The Morgan fingerprint density at radius 2 is 2.15 bits per heavy atom. The highest BCUT2D eigenvalue weighted by molar-refractivity contribution is 7.80. The van der Waals surface area contributed by atoms with Gasteiger partial charge in [0.25, 0.3) is 5.91 Å². The SMILES string of the molecule is C=C(C)C(=O)N(CCCN)C(N)=S. The fourth-order valence-electron chi connectivity index (χ4n) is 0.792. The molecule has 0 aliphatic carbocycles. The summed E-state index contributed by atoms with van der Waals surface area (Å²) in [5, 5.41) is 0.0708. The van der Waals surface area contributed by atoms with E-state index in [-0.39, 0.29) is 11.0 Å². The van der Waals surface area contributed by atoms with Crippen LogP contribution in [0.25, 0.3) is 0 Å². The van der Waals surface area contributed by atoms with Gasteiger partial charge in [-0.2, -0.15) is 0 Å². The van der Waals surface area contributed by atoms with E-state index >= 15 is 0 Å². The lowest BCUT2D eigenvalue weighted by molar-refractivity contribution is -0.123. The summed E-state index contributed by atoms with van der Waals surface area (Å²) in [6.45, 7) is 6.11. The number of nitrogens with two attached hydrogens (primary N) is 2. The summed E-state index contributed by atoms with van der Waals surface area (Å²) in [5.41, 5.74) is 11.1. The Morgan fingerprint density at radius 1 is 1.62 bits per heavy atom. The molecule has 0 fully saturated rings. The number of hydrogen-bond donors (Lipinski definition) is 2. The van der Waals surface area contributed by atoms with E-state index in [1.165, 1.54) is 4.90 Å². The van der Waals surface area contributed by atoms with Gasteiger partial charge in [-0.15, -0.1) is 0 Å². The highest BCUT2D eigenvalue weighted by Gasteiger charge is 2.15. The Morgan fingerprint density at radius 3 is 2.46 bits per heavy atom. The van der Waals surface area contributed by atoms with Gasteiger partial charge in [-0.1, -0.05) is 6.58 Å². The van der Waals surface area contributed by atoms with Crippen molar-refractivity contribution in [1.29, 1.82) is 0 Å². The van der Waals surface area contributed by atoms with Gasteiger partial charge in [-0.25, -0.2) is 0 Å². The lowest BCUT2D eigenvalue weighted by atomic mass is 10.3. The van der Waals surface area contributed by atoms with Gasteiger partial charge >= 0.3 is 0 Å². The van der Waals surface area contributed by atoms with E-state index in [1.54, 1.807) is 6.92 Å². The van der Waals surface area contributed by atoms with Crippen LogP contribution in [0.1, 0.15) is 13.3 Å². The van der Waals surface area contributed by atoms with Crippen LogP contribution in [0.15, 0.2) is 12.2 Å². The van der Waals surface area contributed by atoms with Crippen LogP contribution >= 0.6 is 12.2 Å². The average Bonchev–Trinajstić information content (AvgIpc) is 2.04. The lowest BCUT2D eigenvalue weighted by Crippen LogP contribution is -2.41. The van der Waals surface area contributed by atoms with Crippen molar-refractivity contribution in [2.75, 3.05) is 13.1 Å². The molecule has 5 heteroatoms. The first-order chi connectivity index (χ1) is 6.00. The second kappa shape index (κ2) is 5.66. The van der Waals surface area contributed by atoms with E-state index in [0.717, 1.165) is 0 Å². The zero-order valence-corrected chi connectivity index (χ0v) is 8.56. The van der Waals surface area contributed by atoms with E-state index in [2.05, 4.69) is 6.58 Å². The highest BCUT2D eigenvalue weighted by Crippen LogP contribution is 1.99. The van der Waals surface area contributed by atoms with Crippen LogP contribution in [0, 0.1) is 0 Å². The molecule has 0 aliphatic rings. The molecular weight excluding hydrogens is 186 g/mol. The van der Waals surface area contributed by atoms with Crippen LogP contribution in [-0.4, -0.2) is 29.0 Å². The maximum Gasteiger partial charge on any atom is 0.255 e. The fourth-order valence-corrected chi connectivity index (χ4v) is 0.966. The smallest absolute Gasteiger partial charge is 0.255 e. The van der Waals surface area contributed by atoms with E-state index < -0.39 is 0 Å².